The second-order valence-corrected chi connectivity index (χ2v) is 5.48. The van der Waals surface area contributed by atoms with Gasteiger partial charge >= 0.3 is 0 Å². The van der Waals surface area contributed by atoms with E-state index in [0.29, 0.717) is 11.8 Å². The van der Waals surface area contributed by atoms with Gasteiger partial charge in [-0.2, -0.15) is 0 Å². The van der Waals surface area contributed by atoms with Gasteiger partial charge in [0.1, 0.15) is 11.6 Å². The highest BCUT2D eigenvalue weighted by Crippen LogP contribution is 2.09. The van der Waals surface area contributed by atoms with Crippen molar-refractivity contribution in [3.05, 3.63) is 48.5 Å². The molecule has 0 unspecified atom stereocenters. The molecule has 0 spiro atoms. The summed E-state index contributed by atoms with van der Waals surface area (Å²) in [6, 6.07) is 9.76. The number of ether oxygens (including phenoxy) is 1. The molecule has 5 nitrogen and oxygen atoms in total. The molecule has 8 heteroatoms. The van der Waals surface area contributed by atoms with Gasteiger partial charge in [0.05, 0.1) is 6.61 Å². The van der Waals surface area contributed by atoms with Crippen molar-refractivity contribution in [1.82, 2.24) is 9.97 Å². The van der Waals surface area contributed by atoms with Crippen LogP contribution in [0.15, 0.2) is 47.7 Å². The predicted molar refractivity (Wildman–Crippen MR) is 108 cm³/mol. The summed E-state index contributed by atoms with van der Waals surface area (Å²) >= 11 is 1.52. The normalized spacial score (nSPS) is 10.5. The number of imidazole rings is 1. The molecule has 0 fully saturated rings. The molecule has 1 heterocycles. The number of thioether (sulfide) groups is 1. The summed E-state index contributed by atoms with van der Waals surface area (Å²) in [5.74, 6) is 2.67. The van der Waals surface area contributed by atoms with Crippen molar-refractivity contribution in [2.75, 3.05) is 18.9 Å². The van der Waals surface area contributed by atoms with Gasteiger partial charge in [0.2, 0.25) is 0 Å². The Morgan fingerprint density at radius 3 is 2.74 bits per heavy atom. The van der Waals surface area contributed by atoms with Crippen molar-refractivity contribution >= 4 is 50.9 Å². The summed E-state index contributed by atoms with van der Waals surface area (Å²) < 4.78 is 5.59. The van der Waals surface area contributed by atoms with E-state index in [1.165, 1.54) is 11.8 Å². The molecule has 0 atom stereocenters. The number of nitrogens with zero attached hydrogens (tertiary/aromatic N) is 2. The van der Waals surface area contributed by atoms with Crippen molar-refractivity contribution in [3.8, 4) is 5.75 Å². The molecule has 0 aliphatic rings. The highest BCUT2D eigenvalue weighted by molar-refractivity contribution is 8.93. The van der Waals surface area contributed by atoms with Crippen molar-refractivity contribution in [2.45, 2.75) is 12.8 Å². The first-order valence-electron chi connectivity index (χ1n) is 6.93. The third-order valence-corrected chi connectivity index (χ3v) is 3.54. The monoisotopic (exact) mass is 464 g/mol. The Labute approximate surface area is 162 Å². The SMILES string of the molecule is Br.Br.NC(=NCCCc1ncc[nH]1)SCCOc1ccccc1. The average molecular weight is 466 g/mol. The van der Waals surface area contributed by atoms with Gasteiger partial charge in [-0.05, 0) is 18.6 Å². The molecule has 2 aromatic rings. The maximum Gasteiger partial charge on any atom is 0.154 e. The molecule has 0 saturated heterocycles. The lowest BCUT2D eigenvalue weighted by atomic mass is 10.3. The lowest BCUT2D eigenvalue weighted by molar-refractivity contribution is 0.344. The Balaban J connectivity index is 0.00000242. The minimum absolute atomic E-state index is 0. The Kier molecular flexibility index (Phi) is 12.9. The van der Waals surface area contributed by atoms with Gasteiger partial charge in [-0.3, -0.25) is 4.99 Å². The second kappa shape index (κ2) is 13.4. The van der Waals surface area contributed by atoms with Gasteiger partial charge in [0.15, 0.2) is 5.17 Å². The van der Waals surface area contributed by atoms with Crippen LogP contribution in [0.5, 0.6) is 5.75 Å². The molecule has 0 amide bonds. The molecule has 0 aliphatic carbocycles. The van der Waals surface area contributed by atoms with Crippen LogP contribution >= 0.6 is 45.7 Å². The quantitative estimate of drug-likeness (QED) is 0.354. The van der Waals surface area contributed by atoms with Crippen LogP contribution in [0.3, 0.4) is 0 Å². The van der Waals surface area contributed by atoms with Crippen LogP contribution in [-0.2, 0) is 6.42 Å². The van der Waals surface area contributed by atoms with Gasteiger partial charge < -0.3 is 15.5 Å². The van der Waals surface area contributed by atoms with E-state index in [-0.39, 0.29) is 34.0 Å². The number of nitrogens with one attached hydrogen (secondary N) is 1. The fourth-order valence-corrected chi connectivity index (χ4v) is 2.30. The summed E-state index contributed by atoms with van der Waals surface area (Å²) in [7, 11) is 0. The number of amidine groups is 1. The summed E-state index contributed by atoms with van der Waals surface area (Å²) in [5, 5.41) is 0.617. The average Bonchev–Trinajstić information content (AvgIpc) is 3.02. The van der Waals surface area contributed by atoms with Gasteiger partial charge in [-0.25, -0.2) is 4.98 Å². The predicted octanol–water partition coefficient (Wildman–Crippen LogP) is 3.63. The number of aliphatic imine (C=N–C) groups is 1. The van der Waals surface area contributed by atoms with Crippen LogP contribution in [0.2, 0.25) is 0 Å². The number of para-hydroxylation sites is 1. The van der Waals surface area contributed by atoms with Crippen molar-refractivity contribution in [3.63, 3.8) is 0 Å². The Bertz CT molecular complexity index is 538. The topological polar surface area (TPSA) is 76.3 Å². The summed E-state index contributed by atoms with van der Waals surface area (Å²) in [5.41, 5.74) is 5.85. The lowest BCUT2D eigenvalue weighted by Crippen LogP contribution is -2.11. The van der Waals surface area contributed by atoms with Gasteiger partial charge in [-0.1, -0.05) is 30.0 Å². The molecule has 0 saturated carbocycles. The molecule has 128 valence electrons. The van der Waals surface area contributed by atoms with Crippen LogP contribution in [0.1, 0.15) is 12.2 Å². The highest BCUT2D eigenvalue weighted by Gasteiger charge is 1.97. The Morgan fingerprint density at radius 2 is 2.04 bits per heavy atom. The van der Waals surface area contributed by atoms with E-state index in [0.717, 1.165) is 36.7 Å². The first-order valence-corrected chi connectivity index (χ1v) is 7.92. The molecule has 0 aliphatic heterocycles. The number of halogens is 2. The Morgan fingerprint density at radius 1 is 1.26 bits per heavy atom. The number of hydrogen-bond donors (Lipinski definition) is 2. The van der Waals surface area contributed by atoms with E-state index < -0.39 is 0 Å². The van der Waals surface area contributed by atoms with Crippen LogP contribution in [0, 0.1) is 0 Å². The maximum absolute atomic E-state index is 5.85. The van der Waals surface area contributed by atoms with Gasteiger partial charge in [0, 0.05) is 31.1 Å². The van der Waals surface area contributed by atoms with Gasteiger partial charge in [0.25, 0.3) is 0 Å². The van der Waals surface area contributed by atoms with Gasteiger partial charge in [-0.15, -0.1) is 34.0 Å². The number of rotatable bonds is 8. The number of nitrogens with two attached hydrogens (primary N) is 1. The number of hydrogen-bond acceptors (Lipinski definition) is 4. The van der Waals surface area contributed by atoms with Crippen LogP contribution < -0.4 is 10.5 Å². The Hall–Kier alpha value is -0.990. The number of aromatic amines is 1. The summed E-state index contributed by atoms with van der Waals surface area (Å²) in [6.07, 6.45) is 5.42. The number of H-pyrrole nitrogens is 1. The molecule has 23 heavy (non-hydrogen) atoms. The van der Waals surface area contributed by atoms with E-state index in [1.54, 1.807) is 6.20 Å². The lowest BCUT2D eigenvalue weighted by Gasteiger charge is -2.05. The molecular formula is C15H22Br2N4OS. The smallest absolute Gasteiger partial charge is 0.154 e. The summed E-state index contributed by atoms with van der Waals surface area (Å²) in [6.45, 7) is 1.34. The van der Waals surface area contributed by atoms with Crippen molar-refractivity contribution in [2.24, 2.45) is 10.7 Å². The van der Waals surface area contributed by atoms with Crippen molar-refractivity contribution < 1.29 is 4.74 Å². The molecule has 0 radical (unpaired) electrons. The van der Waals surface area contributed by atoms with E-state index >= 15 is 0 Å². The largest absolute Gasteiger partial charge is 0.493 e. The van der Waals surface area contributed by atoms with E-state index in [9.17, 15) is 0 Å². The fraction of sp³-hybridized carbons (Fsp3) is 0.333. The second-order valence-electron chi connectivity index (χ2n) is 4.37. The number of benzene rings is 1. The number of aryl methyl sites for hydroxylation is 1. The zero-order valence-electron chi connectivity index (χ0n) is 12.7. The van der Waals surface area contributed by atoms with Crippen molar-refractivity contribution in [1.29, 1.82) is 0 Å². The third kappa shape index (κ3) is 9.68. The van der Waals surface area contributed by atoms with Crippen LogP contribution in [-0.4, -0.2) is 34.0 Å². The third-order valence-electron chi connectivity index (χ3n) is 2.74. The number of aromatic nitrogens is 2. The maximum atomic E-state index is 5.85. The first kappa shape index (κ1) is 22.0. The zero-order valence-corrected chi connectivity index (χ0v) is 16.9. The summed E-state index contributed by atoms with van der Waals surface area (Å²) in [4.78, 5) is 11.6. The highest BCUT2D eigenvalue weighted by atomic mass is 79.9. The first-order chi connectivity index (χ1) is 10.3. The zero-order chi connectivity index (χ0) is 14.8. The molecule has 1 aromatic carbocycles. The molecule has 3 N–H and O–H groups in total. The minimum atomic E-state index is 0. The van der Waals surface area contributed by atoms with E-state index in [2.05, 4.69) is 15.0 Å². The van der Waals surface area contributed by atoms with E-state index in [1.807, 2.05) is 36.5 Å². The molecule has 0 bridgehead atoms. The standard InChI is InChI=1S/C15H20N4OS.2BrH/c16-15(19-8-4-7-14-17-9-10-18-14)21-12-11-20-13-5-2-1-3-6-13;;/h1-3,5-6,9-10H,4,7-8,11-12H2,(H2,16,19)(H,17,18);2*1H. The molecule has 2 rings (SSSR count). The van der Waals surface area contributed by atoms with Crippen LogP contribution in [0.4, 0.5) is 0 Å². The van der Waals surface area contributed by atoms with E-state index in [4.69, 9.17) is 10.5 Å². The minimum Gasteiger partial charge on any atom is -0.493 e. The fourth-order valence-electron chi connectivity index (χ4n) is 1.74. The molecular weight excluding hydrogens is 444 g/mol. The van der Waals surface area contributed by atoms with Crippen LogP contribution in [0.25, 0.3) is 0 Å². The molecule has 1 aromatic heterocycles.